The van der Waals surface area contributed by atoms with Crippen LogP contribution >= 0.6 is 0 Å². The van der Waals surface area contributed by atoms with E-state index in [0.29, 0.717) is 6.42 Å². The van der Waals surface area contributed by atoms with Crippen molar-refractivity contribution >= 4 is 23.3 Å². The monoisotopic (exact) mass is 262 g/mol. The Hall–Kier alpha value is -2.04. The molecule has 0 saturated carbocycles. The third-order valence-corrected chi connectivity index (χ3v) is 3.18. The predicted molar refractivity (Wildman–Crippen MR) is 73.2 cm³/mol. The molecule has 1 aromatic rings. The molecular weight excluding hydrogens is 244 g/mol. The summed E-state index contributed by atoms with van der Waals surface area (Å²) in [5, 5.41) is 2.78. The van der Waals surface area contributed by atoms with Crippen LogP contribution in [0.15, 0.2) is 18.2 Å². The van der Waals surface area contributed by atoms with E-state index < -0.39 is 11.9 Å². The van der Waals surface area contributed by atoms with E-state index in [1.165, 1.54) is 0 Å². The number of rotatable bonds is 3. The van der Waals surface area contributed by atoms with Gasteiger partial charge in [0.15, 0.2) is 0 Å². The summed E-state index contributed by atoms with van der Waals surface area (Å²) in [5.74, 6) is -1.48. The number of nitrogens with zero attached hydrogens (tertiary/aromatic N) is 1. The Labute approximate surface area is 112 Å². The first-order chi connectivity index (χ1) is 9.02. The first kappa shape index (κ1) is 13.4. The molecule has 0 saturated heterocycles. The normalized spacial score (nSPS) is 17.4. The van der Waals surface area contributed by atoms with Gasteiger partial charge in [0.2, 0.25) is 5.91 Å². The lowest BCUT2D eigenvalue weighted by Gasteiger charge is -2.25. The molecule has 1 aliphatic heterocycles. The maximum absolute atomic E-state index is 11.9. The van der Waals surface area contributed by atoms with Gasteiger partial charge in [0, 0.05) is 25.5 Å². The van der Waals surface area contributed by atoms with Crippen LogP contribution in [0.25, 0.3) is 0 Å². The SMILES string of the molecule is CCOC(=O)C1Cc2ccc(N(C)C)cc2NC1=O. The van der Waals surface area contributed by atoms with E-state index in [2.05, 4.69) is 5.32 Å². The maximum Gasteiger partial charge on any atom is 0.318 e. The third-order valence-electron chi connectivity index (χ3n) is 3.18. The fraction of sp³-hybridized carbons (Fsp3) is 0.429. The van der Waals surface area contributed by atoms with Crippen LogP contribution in [0.3, 0.4) is 0 Å². The Balaban J connectivity index is 2.24. The zero-order valence-electron chi connectivity index (χ0n) is 11.4. The van der Waals surface area contributed by atoms with E-state index in [0.717, 1.165) is 16.9 Å². The summed E-state index contributed by atoms with van der Waals surface area (Å²) in [6.07, 6.45) is 0.397. The van der Waals surface area contributed by atoms with Gasteiger partial charge < -0.3 is 15.0 Å². The quantitative estimate of drug-likeness (QED) is 0.661. The van der Waals surface area contributed by atoms with Crippen molar-refractivity contribution in [3.63, 3.8) is 0 Å². The van der Waals surface area contributed by atoms with Crippen molar-refractivity contribution in [2.75, 3.05) is 30.9 Å². The summed E-state index contributed by atoms with van der Waals surface area (Å²) in [6, 6.07) is 5.82. The van der Waals surface area contributed by atoms with Crippen LogP contribution in [0, 0.1) is 5.92 Å². The Morgan fingerprint density at radius 2 is 2.21 bits per heavy atom. The van der Waals surface area contributed by atoms with Crippen molar-refractivity contribution in [2.24, 2.45) is 5.92 Å². The number of esters is 1. The Morgan fingerprint density at radius 3 is 2.84 bits per heavy atom. The van der Waals surface area contributed by atoms with Crippen molar-refractivity contribution in [3.8, 4) is 0 Å². The Morgan fingerprint density at radius 1 is 1.47 bits per heavy atom. The molecule has 1 N–H and O–H groups in total. The van der Waals surface area contributed by atoms with Gasteiger partial charge in [-0.05, 0) is 31.0 Å². The van der Waals surface area contributed by atoms with E-state index in [-0.39, 0.29) is 12.5 Å². The molecule has 1 unspecified atom stereocenters. The molecule has 5 nitrogen and oxygen atoms in total. The van der Waals surface area contributed by atoms with Crippen molar-refractivity contribution in [1.29, 1.82) is 0 Å². The Kier molecular flexibility index (Phi) is 3.74. The van der Waals surface area contributed by atoms with Gasteiger partial charge in [0.25, 0.3) is 0 Å². The van der Waals surface area contributed by atoms with Crippen molar-refractivity contribution in [2.45, 2.75) is 13.3 Å². The number of hydrogen-bond donors (Lipinski definition) is 1. The van der Waals surface area contributed by atoms with E-state index in [1.807, 2.05) is 37.2 Å². The van der Waals surface area contributed by atoms with Gasteiger partial charge in [0.1, 0.15) is 5.92 Å². The molecule has 0 spiro atoms. The lowest BCUT2D eigenvalue weighted by Crippen LogP contribution is -2.36. The fourth-order valence-electron chi connectivity index (χ4n) is 2.10. The van der Waals surface area contributed by atoms with E-state index in [4.69, 9.17) is 4.74 Å². The molecule has 0 bridgehead atoms. The molecular formula is C14H18N2O3. The van der Waals surface area contributed by atoms with Gasteiger partial charge in [-0.2, -0.15) is 0 Å². The molecule has 102 valence electrons. The second kappa shape index (κ2) is 5.30. The minimum Gasteiger partial charge on any atom is -0.465 e. The molecule has 1 aliphatic rings. The summed E-state index contributed by atoms with van der Waals surface area (Å²) in [5.41, 5.74) is 2.74. The minimum atomic E-state index is -0.738. The predicted octanol–water partition coefficient (Wildman–Crippen LogP) is 1.43. The standard InChI is InChI=1S/C14H18N2O3/c1-4-19-14(18)11-7-9-5-6-10(16(2)3)8-12(9)15-13(11)17/h5-6,8,11H,4,7H2,1-3H3,(H,15,17). The number of carbonyl (C=O) groups is 2. The van der Waals surface area contributed by atoms with Gasteiger partial charge in [-0.25, -0.2) is 0 Å². The van der Waals surface area contributed by atoms with E-state index in [1.54, 1.807) is 6.92 Å². The number of amides is 1. The number of hydrogen-bond acceptors (Lipinski definition) is 4. The van der Waals surface area contributed by atoms with Crippen LogP contribution in [0.4, 0.5) is 11.4 Å². The molecule has 1 heterocycles. The average Bonchev–Trinajstić information content (AvgIpc) is 2.37. The van der Waals surface area contributed by atoms with Crippen molar-refractivity contribution in [1.82, 2.24) is 0 Å². The Bertz CT molecular complexity index is 511. The molecule has 0 aromatic heterocycles. The van der Waals surface area contributed by atoms with Crippen LogP contribution < -0.4 is 10.2 Å². The summed E-state index contributed by atoms with van der Waals surface area (Å²) in [4.78, 5) is 25.6. The molecule has 0 fully saturated rings. The maximum atomic E-state index is 11.9. The highest BCUT2D eigenvalue weighted by Gasteiger charge is 2.33. The fourth-order valence-corrected chi connectivity index (χ4v) is 2.10. The molecule has 1 amide bonds. The first-order valence-corrected chi connectivity index (χ1v) is 6.30. The first-order valence-electron chi connectivity index (χ1n) is 6.30. The molecule has 0 aliphatic carbocycles. The molecule has 1 aromatic carbocycles. The van der Waals surface area contributed by atoms with E-state index >= 15 is 0 Å². The number of nitrogens with one attached hydrogen (secondary N) is 1. The van der Waals surface area contributed by atoms with Gasteiger partial charge in [0.05, 0.1) is 6.61 Å². The molecule has 19 heavy (non-hydrogen) atoms. The van der Waals surface area contributed by atoms with Crippen LogP contribution in [0.1, 0.15) is 12.5 Å². The minimum absolute atomic E-state index is 0.287. The lowest BCUT2D eigenvalue weighted by molar-refractivity contribution is -0.151. The number of fused-ring (bicyclic) bond motifs is 1. The summed E-state index contributed by atoms with van der Waals surface area (Å²) in [6.45, 7) is 2.02. The molecule has 2 rings (SSSR count). The summed E-state index contributed by atoms with van der Waals surface area (Å²) >= 11 is 0. The van der Waals surface area contributed by atoms with Crippen LogP contribution in [0.5, 0.6) is 0 Å². The molecule has 1 atom stereocenters. The number of anilines is 2. The number of benzene rings is 1. The number of carbonyl (C=O) groups excluding carboxylic acids is 2. The highest BCUT2D eigenvalue weighted by atomic mass is 16.5. The molecule has 0 radical (unpaired) electrons. The highest BCUT2D eigenvalue weighted by Crippen LogP contribution is 2.29. The van der Waals surface area contributed by atoms with Gasteiger partial charge >= 0.3 is 5.97 Å². The zero-order valence-corrected chi connectivity index (χ0v) is 11.4. The summed E-state index contributed by atoms with van der Waals surface area (Å²) < 4.78 is 4.92. The van der Waals surface area contributed by atoms with Gasteiger partial charge in [-0.1, -0.05) is 6.07 Å². The molecule has 5 heteroatoms. The van der Waals surface area contributed by atoms with Crippen LogP contribution in [-0.4, -0.2) is 32.6 Å². The van der Waals surface area contributed by atoms with Crippen molar-refractivity contribution in [3.05, 3.63) is 23.8 Å². The van der Waals surface area contributed by atoms with Gasteiger partial charge in [-0.3, -0.25) is 9.59 Å². The lowest BCUT2D eigenvalue weighted by atomic mass is 9.93. The third kappa shape index (κ3) is 2.70. The van der Waals surface area contributed by atoms with Crippen LogP contribution in [0.2, 0.25) is 0 Å². The zero-order chi connectivity index (χ0) is 14.0. The largest absolute Gasteiger partial charge is 0.465 e. The van der Waals surface area contributed by atoms with Gasteiger partial charge in [-0.15, -0.1) is 0 Å². The second-order valence-electron chi connectivity index (χ2n) is 4.73. The average molecular weight is 262 g/mol. The summed E-state index contributed by atoms with van der Waals surface area (Å²) in [7, 11) is 3.88. The smallest absolute Gasteiger partial charge is 0.318 e. The van der Waals surface area contributed by atoms with Crippen LogP contribution in [-0.2, 0) is 20.7 Å². The highest BCUT2D eigenvalue weighted by molar-refractivity contribution is 6.07. The topological polar surface area (TPSA) is 58.6 Å². The van der Waals surface area contributed by atoms with Crippen molar-refractivity contribution < 1.29 is 14.3 Å². The van der Waals surface area contributed by atoms with E-state index in [9.17, 15) is 9.59 Å². The number of ether oxygens (including phenoxy) is 1. The second-order valence-corrected chi connectivity index (χ2v) is 4.73.